The zero-order chi connectivity index (χ0) is 14.5. The van der Waals surface area contributed by atoms with E-state index < -0.39 is 5.97 Å². The summed E-state index contributed by atoms with van der Waals surface area (Å²) in [5.74, 6) is -0.459. The molecule has 2 N–H and O–H groups in total. The van der Waals surface area contributed by atoms with E-state index in [0.717, 1.165) is 31.4 Å². The van der Waals surface area contributed by atoms with Gasteiger partial charge in [0.1, 0.15) is 0 Å². The third-order valence-electron chi connectivity index (χ3n) is 3.83. The molecule has 1 saturated carbocycles. The molecule has 7 nitrogen and oxygen atoms in total. The molecule has 0 radical (unpaired) electrons. The molecule has 7 heteroatoms. The van der Waals surface area contributed by atoms with Crippen molar-refractivity contribution in [3.63, 3.8) is 0 Å². The summed E-state index contributed by atoms with van der Waals surface area (Å²) in [5, 5.41) is 8.12. The first-order chi connectivity index (χ1) is 9.71. The summed E-state index contributed by atoms with van der Waals surface area (Å²) in [6.07, 6.45) is 4.85. The summed E-state index contributed by atoms with van der Waals surface area (Å²) in [5.41, 5.74) is 6.68. The topological polar surface area (TPSA) is 92.3 Å². The highest BCUT2D eigenvalue weighted by atomic mass is 16.5. The van der Waals surface area contributed by atoms with Gasteiger partial charge in [0.25, 0.3) is 0 Å². The largest absolute Gasteiger partial charge is 0.464 e. The Morgan fingerprint density at radius 2 is 2.25 bits per heavy atom. The number of carbonyl (C=O) groups is 1. The number of hydrogen-bond donors (Lipinski definition) is 1. The van der Waals surface area contributed by atoms with E-state index in [1.165, 1.54) is 7.11 Å². The lowest BCUT2D eigenvalue weighted by atomic mass is 9.92. The van der Waals surface area contributed by atoms with Crippen LogP contribution in [0, 0.1) is 0 Å². The third kappa shape index (κ3) is 2.99. The number of nitrogens with zero attached hydrogens (tertiary/aromatic N) is 3. The molecule has 0 aromatic carbocycles. The number of hydrogen-bond acceptors (Lipinski definition) is 6. The third-order valence-corrected chi connectivity index (χ3v) is 3.83. The van der Waals surface area contributed by atoms with E-state index in [1.54, 1.807) is 7.11 Å². The molecule has 2 unspecified atom stereocenters. The van der Waals surface area contributed by atoms with Crippen LogP contribution in [0.3, 0.4) is 0 Å². The lowest BCUT2D eigenvalue weighted by Gasteiger charge is -2.29. The fraction of sp³-hybridized carbons (Fsp3) is 0.769. The lowest BCUT2D eigenvalue weighted by molar-refractivity contribution is 0.0499. The quantitative estimate of drug-likeness (QED) is 0.799. The van der Waals surface area contributed by atoms with Gasteiger partial charge in [-0.15, -0.1) is 5.10 Å². The summed E-state index contributed by atoms with van der Waals surface area (Å²) < 4.78 is 12.0. The second kappa shape index (κ2) is 6.81. The van der Waals surface area contributed by atoms with Gasteiger partial charge in [0.05, 0.1) is 24.9 Å². The molecular formula is C13H22N4O3. The van der Waals surface area contributed by atoms with Crippen molar-refractivity contribution < 1.29 is 14.3 Å². The summed E-state index contributed by atoms with van der Waals surface area (Å²) in [6, 6.07) is 0.209. The van der Waals surface area contributed by atoms with Crippen molar-refractivity contribution in [3.8, 4) is 0 Å². The molecule has 1 fully saturated rings. The molecular weight excluding hydrogens is 260 g/mol. The number of rotatable bonds is 5. The number of methoxy groups -OCH3 is 2. The molecule has 1 heterocycles. The molecule has 0 spiro atoms. The fourth-order valence-electron chi connectivity index (χ4n) is 2.79. The van der Waals surface area contributed by atoms with Crippen molar-refractivity contribution >= 4 is 5.97 Å². The van der Waals surface area contributed by atoms with Gasteiger partial charge >= 0.3 is 5.97 Å². The summed E-state index contributed by atoms with van der Waals surface area (Å²) >= 11 is 0. The smallest absolute Gasteiger partial charge is 0.360 e. The van der Waals surface area contributed by atoms with Gasteiger partial charge in [0, 0.05) is 13.5 Å². The molecule has 1 aliphatic carbocycles. The van der Waals surface area contributed by atoms with Crippen molar-refractivity contribution in [2.24, 2.45) is 5.73 Å². The number of nitrogens with two attached hydrogens (primary N) is 1. The van der Waals surface area contributed by atoms with E-state index in [9.17, 15) is 4.79 Å². The SMILES string of the molecule is COC(=O)c1nnn(C2CCCC(OC)C2)c1CCN. The van der Waals surface area contributed by atoms with Crippen molar-refractivity contribution in [1.82, 2.24) is 15.0 Å². The van der Waals surface area contributed by atoms with Crippen LogP contribution in [0.15, 0.2) is 0 Å². The van der Waals surface area contributed by atoms with Gasteiger partial charge < -0.3 is 15.2 Å². The highest BCUT2D eigenvalue weighted by molar-refractivity contribution is 5.88. The Bertz CT molecular complexity index is 460. The van der Waals surface area contributed by atoms with Crippen LogP contribution < -0.4 is 5.73 Å². The van der Waals surface area contributed by atoms with Crippen molar-refractivity contribution in [3.05, 3.63) is 11.4 Å². The van der Waals surface area contributed by atoms with Gasteiger partial charge in [-0.3, -0.25) is 0 Å². The molecule has 0 bridgehead atoms. The minimum atomic E-state index is -0.459. The van der Waals surface area contributed by atoms with Gasteiger partial charge in [-0.2, -0.15) is 0 Å². The van der Waals surface area contributed by atoms with Crippen LogP contribution >= 0.6 is 0 Å². The average molecular weight is 282 g/mol. The molecule has 2 atom stereocenters. The summed E-state index contributed by atoms with van der Waals surface area (Å²) in [7, 11) is 3.07. The molecule has 0 aliphatic heterocycles. The van der Waals surface area contributed by atoms with Crippen LogP contribution in [0.2, 0.25) is 0 Å². The maximum absolute atomic E-state index is 11.7. The number of esters is 1. The Balaban J connectivity index is 2.26. The standard InChI is InChI=1S/C13H22N4O3/c1-19-10-5-3-4-9(8-10)17-11(6-7-14)12(15-16-17)13(18)20-2/h9-10H,3-8,14H2,1-2H3. The average Bonchev–Trinajstić information content (AvgIpc) is 2.90. The predicted molar refractivity (Wildman–Crippen MR) is 72.4 cm³/mol. The van der Waals surface area contributed by atoms with Crippen LogP contribution in [-0.4, -0.2) is 47.8 Å². The molecule has 1 aliphatic rings. The Morgan fingerprint density at radius 1 is 1.45 bits per heavy atom. The highest BCUT2D eigenvalue weighted by Crippen LogP contribution is 2.30. The van der Waals surface area contributed by atoms with Gasteiger partial charge in [-0.25, -0.2) is 9.48 Å². The van der Waals surface area contributed by atoms with Gasteiger partial charge in [-0.05, 0) is 32.2 Å². The van der Waals surface area contributed by atoms with E-state index in [1.807, 2.05) is 4.68 Å². The van der Waals surface area contributed by atoms with Crippen LogP contribution in [0.4, 0.5) is 0 Å². The van der Waals surface area contributed by atoms with E-state index in [4.69, 9.17) is 15.2 Å². The first-order valence-corrected chi connectivity index (χ1v) is 6.96. The Hall–Kier alpha value is -1.47. The molecule has 2 rings (SSSR count). The molecule has 0 saturated heterocycles. The second-order valence-electron chi connectivity index (χ2n) is 5.04. The van der Waals surface area contributed by atoms with Crippen LogP contribution in [0.5, 0.6) is 0 Å². The van der Waals surface area contributed by atoms with E-state index in [2.05, 4.69) is 10.3 Å². The maximum Gasteiger partial charge on any atom is 0.360 e. The van der Waals surface area contributed by atoms with Gasteiger partial charge in [0.2, 0.25) is 0 Å². The Labute approximate surface area is 118 Å². The molecule has 112 valence electrons. The van der Waals surface area contributed by atoms with Crippen molar-refractivity contribution in [2.45, 2.75) is 44.2 Å². The molecule has 1 aromatic heterocycles. The first kappa shape index (κ1) is 14.9. The molecule has 20 heavy (non-hydrogen) atoms. The Kier molecular flexibility index (Phi) is 5.08. The lowest BCUT2D eigenvalue weighted by Crippen LogP contribution is -2.26. The first-order valence-electron chi connectivity index (χ1n) is 6.96. The maximum atomic E-state index is 11.7. The van der Waals surface area contributed by atoms with E-state index in [0.29, 0.717) is 13.0 Å². The molecule has 0 amide bonds. The Morgan fingerprint density at radius 3 is 2.90 bits per heavy atom. The van der Waals surface area contributed by atoms with Crippen molar-refractivity contribution in [2.75, 3.05) is 20.8 Å². The monoisotopic (exact) mass is 282 g/mol. The fourth-order valence-corrected chi connectivity index (χ4v) is 2.79. The van der Waals surface area contributed by atoms with Crippen LogP contribution in [0.25, 0.3) is 0 Å². The van der Waals surface area contributed by atoms with E-state index in [-0.39, 0.29) is 17.8 Å². The normalized spacial score (nSPS) is 22.8. The summed E-state index contributed by atoms with van der Waals surface area (Å²) in [4.78, 5) is 11.7. The van der Waals surface area contributed by atoms with E-state index >= 15 is 0 Å². The number of aromatic nitrogens is 3. The van der Waals surface area contributed by atoms with Gasteiger partial charge in [0.15, 0.2) is 5.69 Å². The van der Waals surface area contributed by atoms with Crippen molar-refractivity contribution in [1.29, 1.82) is 0 Å². The zero-order valence-electron chi connectivity index (χ0n) is 12.0. The van der Waals surface area contributed by atoms with Gasteiger partial charge in [-0.1, -0.05) is 5.21 Å². The number of carbonyl (C=O) groups excluding carboxylic acids is 1. The van der Waals surface area contributed by atoms with Crippen LogP contribution in [0.1, 0.15) is 47.9 Å². The summed E-state index contributed by atoms with van der Waals surface area (Å²) in [6.45, 7) is 0.442. The highest BCUT2D eigenvalue weighted by Gasteiger charge is 2.28. The minimum Gasteiger partial charge on any atom is -0.464 e. The second-order valence-corrected chi connectivity index (χ2v) is 5.04. The van der Waals surface area contributed by atoms with Crippen LogP contribution in [-0.2, 0) is 15.9 Å². The minimum absolute atomic E-state index is 0.209. The predicted octanol–water partition coefficient (Wildman–Crippen LogP) is 0.696. The number of ether oxygens (including phenoxy) is 2. The molecule has 1 aromatic rings. The zero-order valence-corrected chi connectivity index (χ0v) is 12.0.